The quantitative estimate of drug-likeness (QED) is 0.376. The van der Waals surface area contributed by atoms with Gasteiger partial charge in [-0.05, 0) is 35.7 Å². The van der Waals surface area contributed by atoms with Crippen molar-refractivity contribution in [1.29, 1.82) is 0 Å². The number of amidine groups is 1. The van der Waals surface area contributed by atoms with Crippen LogP contribution in [0.4, 0.5) is 0 Å². The van der Waals surface area contributed by atoms with Crippen molar-refractivity contribution in [2.24, 2.45) is 16.0 Å². The minimum Gasteiger partial charge on any atom is -0.409 e. The lowest BCUT2D eigenvalue weighted by Crippen LogP contribution is -2.43. The summed E-state index contributed by atoms with van der Waals surface area (Å²) in [6.07, 6.45) is 0.372. The van der Waals surface area contributed by atoms with Gasteiger partial charge in [-0.15, -0.1) is 0 Å². The second kappa shape index (κ2) is 7.90. The van der Waals surface area contributed by atoms with E-state index in [1.165, 1.54) is 17.6 Å². The highest BCUT2D eigenvalue weighted by Crippen LogP contribution is 2.25. The largest absolute Gasteiger partial charge is 0.409 e. The van der Waals surface area contributed by atoms with Gasteiger partial charge in [0.15, 0.2) is 5.84 Å². The topological polar surface area (TPSA) is 101 Å². The highest BCUT2D eigenvalue weighted by Gasteiger charge is 2.36. The Balaban J connectivity index is 1.86. The zero-order valence-electron chi connectivity index (χ0n) is 15.3. The third-order valence-electron chi connectivity index (χ3n) is 4.68. The van der Waals surface area contributed by atoms with Gasteiger partial charge in [0.1, 0.15) is 7.11 Å². The van der Waals surface area contributed by atoms with Crippen LogP contribution in [0.25, 0.3) is 11.1 Å². The first-order chi connectivity index (χ1) is 13.0. The molecular weight excluding hydrogens is 344 g/mol. The molecule has 1 aliphatic rings. The van der Waals surface area contributed by atoms with Crippen molar-refractivity contribution in [1.82, 2.24) is 4.90 Å². The molecular formula is C20H22N4O3. The number of likely N-dealkylation sites (tertiary alicyclic amines) is 1. The lowest BCUT2D eigenvalue weighted by molar-refractivity contribution is 0.0772. The van der Waals surface area contributed by atoms with Crippen LogP contribution in [0.3, 0.4) is 0 Å². The van der Waals surface area contributed by atoms with Crippen LogP contribution in [-0.4, -0.2) is 47.3 Å². The zero-order chi connectivity index (χ0) is 19.4. The molecule has 0 bridgehead atoms. The normalized spacial score (nSPS) is 18.7. The minimum absolute atomic E-state index is 0.0267. The number of hydrogen-bond donors (Lipinski definition) is 2. The highest BCUT2D eigenvalue weighted by atomic mass is 16.6. The molecule has 2 aromatic carbocycles. The van der Waals surface area contributed by atoms with Crippen LogP contribution < -0.4 is 5.73 Å². The number of hydrogen-bond acceptors (Lipinski definition) is 5. The number of amides is 1. The minimum atomic E-state index is -0.549. The summed E-state index contributed by atoms with van der Waals surface area (Å²) in [7, 11) is 1.44. The number of carbonyl (C=O) groups excluding carboxylic acids is 1. The number of benzene rings is 2. The maximum atomic E-state index is 13.0. The van der Waals surface area contributed by atoms with Crippen LogP contribution in [-0.2, 0) is 4.84 Å². The maximum absolute atomic E-state index is 13.0. The van der Waals surface area contributed by atoms with Crippen LogP contribution in [0.1, 0.15) is 22.3 Å². The van der Waals surface area contributed by atoms with E-state index in [9.17, 15) is 4.79 Å². The molecule has 1 fully saturated rings. The SMILES string of the molecule is CON=C1CC(C(N)=NO)N(C(=O)c2ccc(-c3ccccc3C)cc2)C1. The van der Waals surface area contributed by atoms with Crippen LogP contribution >= 0.6 is 0 Å². The van der Waals surface area contributed by atoms with Crippen molar-refractivity contribution in [2.45, 2.75) is 19.4 Å². The number of oxime groups is 2. The van der Waals surface area contributed by atoms with Crippen molar-refractivity contribution >= 4 is 17.5 Å². The molecule has 1 aliphatic heterocycles. The van der Waals surface area contributed by atoms with E-state index < -0.39 is 6.04 Å². The third kappa shape index (κ3) is 3.76. The highest BCUT2D eigenvalue weighted by molar-refractivity contribution is 6.06. The Morgan fingerprint density at radius 3 is 2.56 bits per heavy atom. The molecule has 1 atom stereocenters. The average Bonchev–Trinajstić information content (AvgIpc) is 3.11. The molecule has 3 N–H and O–H groups in total. The van der Waals surface area contributed by atoms with Gasteiger partial charge in [0.25, 0.3) is 5.91 Å². The second-order valence-electron chi connectivity index (χ2n) is 6.41. The van der Waals surface area contributed by atoms with E-state index in [0.717, 1.165) is 11.1 Å². The molecule has 1 saturated heterocycles. The van der Waals surface area contributed by atoms with Crippen LogP contribution in [0.5, 0.6) is 0 Å². The van der Waals surface area contributed by atoms with Gasteiger partial charge in [0, 0.05) is 12.0 Å². The van der Waals surface area contributed by atoms with Gasteiger partial charge >= 0.3 is 0 Å². The van der Waals surface area contributed by atoms with E-state index in [2.05, 4.69) is 29.4 Å². The number of aryl methyl sites for hydroxylation is 1. The third-order valence-corrected chi connectivity index (χ3v) is 4.68. The van der Waals surface area contributed by atoms with E-state index in [0.29, 0.717) is 17.7 Å². The molecule has 2 aromatic rings. The van der Waals surface area contributed by atoms with Crippen LogP contribution in [0.15, 0.2) is 58.8 Å². The van der Waals surface area contributed by atoms with Crippen LogP contribution in [0, 0.1) is 6.92 Å². The lowest BCUT2D eigenvalue weighted by Gasteiger charge is -2.23. The molecule has 0 saturated carbocycles. The van der Waals surface area contributed by atoms with Gasteiger partial charge in [-0.1, -0.05) is 46.7 Å². The van der Waals surface area contributed by atoms with E-state index in [4.69, 9.17) is 15.8 Å². The zero-order valence-corrected chi connectivity index (χ0v) is 15.3. The summed E-state index contributed by atoms with van der Waals surface area (Å²) in [6.45, 7) is 2.32. The molecule has 1 amide bonds. The first-order valence-electron chi connectivity index (χ1n) is 8.58. The fraction of sp³-hybridized carbons (Fsp3) is 0.250. The Labute approximate surface area is 157 Å². The summed E-state index contributed by atoms with van der Waals surface area (Å²) >= 11 is 0. The lowest BCUT2D eigenvalue weighted by atomic mass is 9.99. The predicted octanol–water partition coefficient (Wildman–Crippen LogP) is 2.63. The molecule has 7 nitrogen and oxygen atoms in total. The summed E-state index contributed by atoms with van der Waals surface area (Å²) in [4.78, 5) is 19.3. The molecule has 1 heterocycles. The van der Waals surface area contributed by atoms with E-state index in [1.807, 2.05) is 24.3 Å². The summed E-state index contributed by atoms with van der Waals surface area (Å²) in [6, 6.07) is 15.0. The Kier molecular flexibility index (Phi) is 5.40. The molecule has 27 heavy (non-hydrogen) atoms. The number of carbonyl (C=O) groups is 1. The van der Waals surface area contributed by atoms with Crippen molar-refractivity contribution in [3.05, 3.63) is 59.7 Å². The Morgan fingerprint density at radius 1 is 1.22 bits per heavy atom. The number of nitrogens with two attached hydrogens (primary N) is 1. The van der Waals surface area contributed by atoms with E-state index >= 15 is 0 Å². The van der Waals surface area contributed by atoms with E-state index in [1.54, 1.807) is 12.1 Å². The molecule has 140 valence electrons. The predicted molar refractivity (Wildman–Crippen MR) is 104 cm³/mol. The first kappa shape index (κ1) is 18.4. The van der Waals surface area contributed by atoms with Gasteiger partial charge in [0.05, 0.1) is 18.3 Å². The van der Waals surface area contributed by atoms with Crippen molar-refractivity contribution in [2.75, 3.05) is 13.7 Å². The van der Waals surface area contributed by atoms with Gasteiger partial charge in [0.2, 0.25) is 0 Å². The Morgan fingerprint density at radius 2 is 1.93 bits per heavy atom. The monoisotopic (exact) mass is 366 g/mol. The fourth-order valence-corrected chi connectivity index (χ4v) is 3.30. The van der Waals surface area contributed by atoms with Crippen molar-refractivity contribution in [3.8, 4) is 11.1 Å². The first-order valence-corrected chi connectivity index (χ1v) is 8.58. The number of rotatable bonds is 4. The summed E-state index contributed by atoms with van der Waals surface area (Å²) in [5, 5.41) is 16.0. The summed E-state index contributed by atoms with van der Waals surface area (Å²) in [5.41, 5.74) is 10.3. The maximum Gasteiger partial charge on any atom is 0.254 e. The molecule has 0 radical (unpaired) electrons. The molecule has 7 heteroatoms. The van der Waals surface area contributed by atoms with Crippen molar-refractivity contribution < 1.29 is 14.8 Å². The fourth-order valence-electron chi connectivity index (χ4n) is 3.30. The smallest absolute Gasteiger partial charge is 0.254 e. The summed E-state index contributed by atoms with van der Waals surface area (Å²) < 4.78 is 0. The van der Waals surface area contributed by atoms with Crippen molar-refractivity contribution in [3.63, 3.8) is 0 Å². The average molecular weight is 366 g/mol. The number of nitrogens with zero attached hydrogens (tertiary/aromatic N) is 3. The standard InChI is InChI=1S/C20H22N4O3/c1-13-5-3-4-6-17(13)14-7-9-15(10-8-14)20(25)24-12-16(23-27-2)11-18(24)19(21)22-26/h3-10,18,26H,11-12H2,1-2H3,(H2,21,22). The van der Waals surface area contributed by atoms with E-state index in [-0.39, 0.29) is 18.3 Å². The summed E-state index contributed by atoms with van der Waals surface area (Å²) in [5.74, 6) is -0.231. The van der Waals surface area contributed by atoms with Crippen LogP contribution in [0.2, 0.25) is 0 Å². The van der Waals surface area contributed by atoms with Gasteiger partial charge < -0.3 is 20.7 Å². The van der Waals surface area contributed by atoms with Gasteiger partial charge in [-0.2, -0.15) is 0 Å². The molecule has 3 rings (SSSR count). The molecule has 1 unspecified atom stereocenters. The molecule has 0 spiro atoms. The van der Waals surface area contributed by atoms with Gasteiger partial charge in [-0.25, -0.2) is 0 Å². The Bertz CT molecular complexity index is 890. The van der Waals surface area contributed by atoms with Gasteiger partial charge in [-0.3, -0.25) is 4.79 Å². The second-order valence-corrected chi connectivity index (χ2v) is 6.41. The molecule has 0 aliphatic carbocycles. The Hall–Kier alpha value is -3.35. The molecule has 0 aromatic heterocycles.